The highest BCUT2D eigenvalue weighted by molar-refractivity contribution is 7.09. The Hall–Kier alpha value is -3.56. The molecule has 38 heavy (non-hydrogen) atoms. The third-order valence-electron chi connectivity index (χ3n) is 6.94. The summed E-state index contributed by atoms with van der Waals surface area (Å²) in [4.78, 5) is 30.5. The maximum Gasteiger partial charge on any atom is 0.247 e. The molecular formula is C29H33N5O3S. The molecule has 0 unspecified atom stereocenters. The van der Waals surface area contributed by atoms with E-state index in [1.54, 1.807) is 20.9 Å². The van der Waals surface area contributed by atoms with Crippen LogP contribution in [0.15, 0.2) is 66.0 Å². The zero-order valence-corrected chi connectivity index (χ0v) is 22.6. The first-order valence-electron chi connectivity index (χ1n) is 13.1. The molecule has 0 aliphatic carbocycles. The number of nitrogens with one attached hydrogen (secondary N) is 1. The summed E-state index contributed by atoms with van der Waals surface area (Å²) in [7, 11) is 0. The van der Waals surface area contributed by atoms with Gasteiger partial charge in [0.15, 0.2) is 0 Å². The van der Waals surface area contributed by atoms with Crippen LogP contribution in [0, 0.1) is 0 Å². The number of thiophene rings is 1. The second-order valence-electron chi connectivity index (χ2n) is 9.94. The predicted molar refractivity (Wildman–Crippen MR) is 148 cm³/mol. The van der Waals surface area contributed by atoms with E-state index in [4.69, 9.17) is 4.74 Å². The lowest BCUT2D eigenvalue weighted by Gasteiger charge is -2.31. The molecule has 0 saturated carbocycles. The Morgan fingerprint density at radius 1 is 1.11 bits per heavy atom. The van der Waals surface area contributed by atoms with E-state index in [0.29, 0.717) is 19.0 Å². The van der Waals surface area contributed by atoms with Gasteiger partial charge in [-0.25, -0.2) is 4.68 Å². The maximum atomic E-state index is 14.0. The van der Waals surface area contributed by atoms with E-state index < -0.39 is 6.04 Å². The van der Waals surface area contributed by atoms with Crippen LogP contribution in [0.25, 0.3) is 11.0 Å². The highest BCUT2D eigenvalue weighted by atomic mass is 32.1. The number of benzene rings is 2. The Kier molecular flexibility index (Phi) is 8.14. The number of para-hydroxylation sites is 1. The summed E-state index contributed by atoms with van der Waals surface area (Å²) in [6.07, 6.45) is 1.92. The summed E-state index contributed by atoms with van der Waals surface area (Å²) < 4.78 is 7.32. The molecule has 4 aromatic rings. The van der Waals surface area contributed by atoms with Gasteiger partial charge >= 0.3 is 0 Å². The van der Waals surface area contributed by atoms with Crippen molar-refractivity contribution in [3.05, 3.63) is 82.0 Å². The number of fused-ring (bicyclic) bond motifs is 1. The second kappa shape index (κ2) is 11.9. The first-order chi connectivity index (χ1) is 18.5. The van der Waals surface area contributed by atoms with Crippen LogP contribution in [0.2, 0.25) is 0 Å². The molecule has 2 atom stereocenters. The molecule has 2 aromatic heterocycles. The molecule has 1 aliphatic heterocycles. The van der Waals surface area contributed by atoms with Crippen molar-refractivity contribution in [3.63, 3.8) is 0 Å². The smallest absolute Gasteiger partial charge is 0.247 e. The van der Waals surface area contributed by atoms with Crippen LogP contribution in [-0.2, 0) is 27.4 Å². The molecule has 1 N–H and O–H groups in total. The van der Waals surface area contributed by atoms with Gasteiger partial charge < -0.3 is 15.0 Å². The van der Waals surface area contributed by atoms with Gasteiger partial charge in [-0.2, -0.15) is 0 Å². The summed E-state index contributed by atoms with van der Waals surface area (Å²) in [6.45, 7) is 5.70. The van der Waals surface area contributed by atoms with E-state index in [2.05, 4.69) is 29.5 Å². The molecule has 1 fully saturated rings. The molecule has 1 aliphatic rings. The van der Waals surface area contributed by atoms with Gasteiger partial charge in [0.2, 0.25) is 11.8 Å². The van der Waals surface area contributed by atoms with Gasteiger partial charge in [-0.1, -0.05) is 61.5 Å². The van der Waals surface area contributed by atoms with E-state index >= 15 is 0 Å². The minimum Gasteiger partial charge on any atom is -0.376 e. The number of carbonyl (C=O) groups excluding carboxylic acids is 2. The van der Waals surface area contributed by atoms with Crippen LogP contribution in [0.5, 0.6) is 0 Å². The van der Waals surface area contributed by atoms with Gasteiger partial charge in [-0.3, -0.25) is 9.59 Å². The topological polar surface area (TPSA) is 89.4 Å². The van der Waals surface area contributed by atoms with Crippen molar-refractivity contribution in [2.75, 3.05) is 13.2 Å². The highest BCUT2D eigenvalue weighted by Gasteiger charge is 2.33. The molecule has 1 saturated heterocycles. The fourth-order valence-corrected chi connectivity index (χ4v) is 5.50. The van der Waals surface area contributed by atoms with E-state index in [-0.39, 0.29) is 24.5 Å². The fraction of sp³-hybridized carbons (Fsp3) is 0.379. The van der Waals surface area contributed by atoms with Crippen LogP contribution in [0.4, 0.5) is 0 Å². The minimum absolute atomic E-state index is 0.00544. The van der Waals surface area contributed by atoms with Crippen molar-refractivity contribution >= 4 is 34.2 Å². The molecule has 0 radical (unpaired) electrons. The maximum absolute atomic E-state index is 14.0. The van der Waals surface area contributed by atoms with E-state index in [1.807, 2.05) is 66.0 Å². The van der Waals surface area contributed by atoms with Crippen LogP contribution in [0.3, 0.4) is 0 Å². The normalized spacial score (nSPS) is 16.1. The van der Waals surface area contributed by atoms with Crippen molar-refractivity contribution in [1.82, 2.24) is 25.2 Å². The summed E-state index contributed by atoms with van der Waals surface area (Å²) in [6, 6.07) is 18.7. The lowest BCUT2D eigenvalue weighted by molar-refractivity contribution is -0.142. The van der Waals surface area contributed by atoms with Crippen molar-refractivity contribution in [2.24, 2.45) is 0 Å². The Labute approximate surface area is 226 Å². The van der Waals surface area contributed by atoms with Gasteiger partial charge in [0.1, 0.15) is 18.1 Å². The number of hydrogen-bond donors (Lipinski definition) is 1. The van der Waals surface area contributed by atoms with Crippen molar-refractivity contribution in [2.45, 2.75) is 57.8 Å². The molecule has 2 aromatic carbocycles. The number of rotatable bonds is 10. The summed E-state index contributed by atoms with van der Waals surface area (Å²) in [5, 5.41) is 13.5. The Morgan fingerprint density at radius 2 is 1.89 bits per heavy atom. The lowest BCUT2D eigenvalue weighted by Crippen LogP contribution is -2.46. The first kappa shape index (κ1) is 26.1. The average molecular weight is 532 g/mol. The SMILES string of the molecule is CC(C)c1ccc([C@H](C(=O)NC[C@H]2CCCO2)N(Cc2cccs2)C(=O)Cn2nnc3ccccc32)cc1. The van der Waals surface area contributed by atoms with Crippen LogP contribution in [0.1, 0.15) is 54.7 Å². The predicted octanol–water partition coefficient (Wildman–Crippen LogP) is 4.68. The number of carbonyl (C=O) groups is 2. The van der Waals surface area contributed by atoms with E-state index in [9.17, 15) is 9.59 Å². The highest BCUT2D eigenvalue weighted by Crippen LogP contribution is 2.28. The van der Waals surface area contributed by atoms with Gasteiger partial charge in [-0.15, -0.1) is 16.4 Å². The molecule has 3 heterocycles. The van der Waals surface area contributed by atoms with Crippen LogP contribution < -0.4 is 5.32 Å². The summed E-state index contributed by atoms with van der Waals surface area (Å²) in [5.74, 6) is -0.0642. The quantitative estimate of drug-likeness (QED) is 0.321. The van der Waals surface area contributed by atoms with Gasteiger partial charge in [-0.05, 0) is 53.5 Å². The molecule has 0 bridgehead atoms. The molecular weight excluding hydrogens is 498 g/mol. The minimum atomic E-state index is -0.804. The van der Waals surface area contributed by atoms with Crippen molar-refractivity contribution in [3.8, 4) is 0 Å². The van der Waals surface area contributed by atoms with E-state index in [1.165, 1.54) is 5.56 Å². The number of hydrogen-bond acceptors (Lipinski definition) is 6. The van der Waals surface area contributed by atoms with Crippen LogP contribution in [-0.4, -0.2) is 51.0 Å². The standard InChI is InChI=1S/C29H33N5O3S/c1-20(2)21-11-13-22(14-12-21)28(29(36)30-17-23-7-5-15-37-23)33(18-24-8-6-16-38-24)27(35)19-34-26-10-4-3-9-25(26)31-32-34/h3-4,6,8-14,16,20,23,28H,5,7,15,17-19H2,1-2H3,(H,30,36)/t23-,28-/m1/s1. The van der Waals surface area contributed by atoms with Crippen LogP contribution >= 0.6 is 11.3 Å². The number of aromatic nitrogens is 3. The zero-order chi connectivity index (χ0) is 26.5. The fourth-order valence-electron chi connectivity index (χ4n) is 4.80. The molecule has 5 rings (SSSR count). The van der Waals surface area contributed by atoms with Gasteiger partial charge in [0.05, 0.1) is 18.2 Å². The first-order valence-corrected chi connectivity index (χ1v) is 14.0. The second-order valence-corrected chi connectivity index (χ2v) is 11.0. The van der Waals surface area contributed by atoms with Crippen molar-refractivity contribution < 1.29 is 14.3 Å². The number of amides is 2. The lowest BCUT2D eigenvalue weighted by atomic mass is 9.97. The van der Waals surface area contributed by atoms with Gasteiger partial charge in [0, 0.05) is 18.0 Å². The third-order valence-corrected chi connectivity index (χ3v) is 7.80. The van der Waals surface area contributed by atoms with Gasteiger partial charge in [0.25, 0.3) is 0 Å². The summed E-state index contributed by atoms with van der Waals surface area (Å²) >= 11 is 1.56. The molecule has 8 nitrogen and oxygen atoms in total. The third kappa shape index (κ3) is 5.95. The number of ether oxygens (including phenoxy) is 1. The Balaban J connectivity index is 1.48. The molecule has 9 heteroatoms. The molecule has 0 spiro atoms. The molecule has 198 valence electrons. The van der Waals surface area contributed by atoms with E-state index in [0.717, 1.165) is 40.9 Å². The van der Waals surface area contributed by atoms with Crippen molar-refractivity contribution in [1.29, 1.82) is 0 Å². The Bertz CT molecular complexity index is 1360. The average Bonchev–Trinajstić information content (AvgIpc) is 3.71. The Morgan fingerprint density at radius 3 is 2.61 bits per heavy atom. The zero-order valence-electron chi connectivity index (χ0n) is 21.7. The summed E-state index contributed by atoms with van der Waals surface area (Å²) in [5.41, 5.74) is 3.45. The monoisotopic (exact) mass is 531 g/mol. The number of nitrogens with zero attached hydrogens (tertiary/aromatic N) is 4. The molecule has 2 amide bonds. The largest absolute Gasteiger partial charge is 0.376 e.